The Morgan fingerprint density at radius 3 is 2.12 bits per heavy atom. The number of carbonyl (C=O) groups is 1. The van der Waals surface area contributed by atoms with Crippen LogP contribution in [0.5, 0.6) is 0 Å². The Morgan fingerprint density at radius 2 is 1.54 bits per heavy atom. The van der Waals surface area contributed by atoms with Crippen LogP contribution in [0.25, 0.3) is 0 Å². The van der Waals surface area contributed by atoms with E-state index in [1.807, 2.05) is 42.5 Å². The number of carboxylic acid groups (broad SMARTS) is 1. The van der Waals surface area contributed by atoms with E-state index in [-0.39, 0.29) is 6.42 Å². The van der Waals surface area contributed by atoms with Gasteiger partial charge in [0.15, 0.2) is 0 Å². The van der Waals surface area contributed by atoms with E-state index in [0.717, 1.165) is 12.8 Å². The van der Waals surface area contributed by atoms with Crippen LogP contribution in [0, 0.1) is 0 Å². The second kappa shape index (κ2) is 16.0. The summed E-state index contributed by atoms with van der Waals surface area (Å²) < 4.78 is 0. The average Bonchev–Trinajstić information content (AvgIpc) is 2.53. The Morgan fingerprint density at radius 1 is 0.917 bits per heavy atom. The lowest BCUT2D eigenvalue weighted by Gasteiger charge is -2.02. The minimum Gasteiger partial charge on any atom is -0.481 e. The summed E-state index contributed by atoms with van der Waals surface area (Å²) in [5, 5.41) is 27.7. The Bertz CT molecular complexity index is 458. The summed E-state index contributed by atoms with van der Waals surface area (Å²) in [6.45, 7) is 2.06. The van der Waals surface area contributed by atoms with E-state index < -0.39 is 18.2 Å². The first kappa shape index (κ1) is 22.1. The van der Waals surface area contributed by atoms with Crippen molar-refractivity contribution >= 4 is 5.97 Å². The molecule has 0 heterocycles. The number of allylic oxidation sites excluding steroid dienone is 7. The van der Waals surface area contributed by atoms with Crippen molar-refractivity contribution in [3.05, 3.63) is 60.8 Å². The molecule has 2 atom stereocenters. The maximum Gasteiger partial charge on any atom is 0.303 e. The van der Waals surface area contributed by atoms with Crippen LogP contribution in [0.4, 0.5) is 0 Å². The van der Waals surface area contributed by atoms with Crippen molar-refractivity contribution in [2.24, 2.45) is 0 Å². The molecule has 0 aromatic rings. The summed E-state index contributed by atoms with van der Waals surface area (Å²) in [5.74, 6) is -0.836. The van der Waals surface area contributed by atoms with Crippen molar-refractivity contribution in [2.45, 2.75) is 57.7 Å². The summed E-state index contributed by atoms with van der Waals surface area (Å²) in [5.41, 5.74) is 0. The van der Waals surface area contributed by atoms with Crippen molar-refractivity contribution in [1.29, 1.82) is 0 Å². The van der Waals surface area contributed by atoms with Crippen LogP contribution in [0.2, 0.25) is 0 Å². The number of aliphatic hydroxyl groups is 2. The van der Waals surface area contributed by atoms with Crippen molar-refractivity contribution < 1.29 is 20.1 Å². The lowest BCUT2D eigenvalue weighted by atomic mass is 10.1. The molecule has 0 unspecified atom stereocenters. The highest BCUT2D eigenvalue weighted by atomic mass is 16.4. The van der Waals surface area contributed by atoms with Crippen LogP contribution in [-0.4, -0.2) is 33.5 Å². The third kappa shape index (κ3) is 16.5. The molecule has 0 aliphatic carbocycles. The Kier molecular flexibility index (Phi) is 14.7. The first-order chi connectivity index (χ1) is 11.6. The van der Waals surface area contributed by atoms with Gasteiger partial charge in [0, 0.05) is 6.42 Å². The van der Waals surface area contributed by atoms with Crippen LogP contribution in [0.1, 0.15) is 45.4 Å². The molecule has 0 bridgehead atoms. The number of hydrogen-bond donors (Lipinski definition) is 3. The van der Waals surface area contributed by atoms with Crippen molar-refractivity contribution in [3.63, 3.8) is 0 Å². The van der Waals surface area contributed by atoms with Crippen LogP contribution < -0.4 is 0 Å². The van der Waals surface area contributed by atoms with Gasteiger partial charge in [-0.1, -0.05) is 67.7 Å². The Hall–Kier alpha value is -1.91. The van der Waals surface area contributed by atoms with E-state index >= 15 is 0 Å². The standard InChI is InChI=1S/C20H30O4/c1-2-3-9-13-18(21)14-10-7-5-4-6-8-11-15-19(22)16-12-17-20(23)24/h3,5-11,14-15,18-19,21-22H,2,4,12-13,16-17H2,1H3,(H,23,24)/t18-,19+/m0/s1. The Labute approximate surface area is 145 Å². The molecule has 0 aliphatic heterocycles. The molecule has 0 saturated heterocycles. The highest BCUT2D eigenvalue weighted by Gasteiger charge is 2.01. The number of rotatable bonds is 13. The molecule has 0 fully saturated rings. The fourth-order valence-electron chi connectivity index (χ4n) is 1.82. The summed E-state index contributed by atoms with van der Waals surface area (Å²) >= 11 is 0. The molecule has 0 spiro atoms. The fraction of sp³-hybridized carbons (Fsp3) is 0.450. The molecule has 0 aromatic heterocycles. The molecule has 3 N–H and O–H groups in total. The second-order valence-corrected chi connectivity index (χ2v) is 5.40. The molecule has 24 heavy (non-hydrogen) atoms. The quantitative estimate of drug-likeness (QED) is 0.352. The van der Waals surface area contributed by atoms with Crippen LogP contribution >= 0.6 is 0 Å². The summed E-state index contributed by atoms with van der Waals surface area (Å²) in [4.78, 5) is 10.3. The third-order valence-corrected chi connectivity index (χ3v) is 3.10. The molecule has 0 radical (unpaired) electrons. The zero-order chi connectivity index (χ0) is 18.0. The molecule has 4 nitrogen and oxygen atoms in total. The molecule has 0 rings (SSSR count). The van der Waals surface area contributed by atoms with Gasteiger partial charge in [0.1, 0.15) is 0 Å². The molecular formula is C20H30O4. The van der Waals surface area contributed by atoms with Crippen molar-refractivity contribution in [3.8, 4) is 0 Å². The number of aliphatic hydroxyl groups excluding tert-OH is 2. The number of carboxylic acids is 1. The SMILES string of the molecule is CCC=CC[C@H](O)C=CC=CCC=CC=C[C@@H](O)CCCC(=O)O. The first-order valence-electron chi connectivity index (χ1n) is 8.45. The zero-order valence-corrected chi connectivity index (χ0v) is 14.4. The van der Waals surface area contributed by atoms with Gasteiger partial charge in [-0.25, -0.2) is 0 Å². The highest BCUT2D eigenvalue weighted by molar-refractivity contribution is 5.66. The lowest BCUT2D eigenvalue weighted by Crippen LogP contribution is -2.03. The molecular weight excluding hydrogens is 304 g/mol. The molecule has 134 valence electrons. The van der Waals surface area contributed by atoms with E-state index in [4.69, 9.17) is 5.11 Å². The zero-order valence-electron chi connectivity index (χ0n) is 14.4. The van der Waals surface area contributed by atoms with Crippen LogP contribution in [0.3, 0.4) is 0 Å². The number of aliphatic carboxylic acids is 1. The summed E-state index contributed by atoms with van der Waals surface area (Å²) in [7, 11) is 0. The van der Waals surface area contributed by atoms with Crippen LogP contribution in [-0.2, 0) is 4.79 Å². The lowest BCUT2D eigenvalue weighted by molar-refractivity contribution is -0.137. The second-order valence-electron chi connectivity index (χ2n) is 5.40. The molecule has 0 saturated carbocycles. The first-order valence-corrected chi connectivity index (χ1v) is 8.45. The predicted molar refractivity (Wildman–Crippen MR) is 98.7 cm³/mol. The Balaban J connectivity index is 3.81. The van der Waals surface area contributed by atoms with Gasteiger partial charge in [-0.15, -0.1) is 0 Å². The normalized spacial score (nSPS) is 15.5. The van der Waals surface area contributed by atoms with Gasteiger partial charge in [0.05, 0.1) is 12.2 Å². The summed E-state index contributed by atoms with van der Waals surface area (Å²) in [6, 6.07) is 0. The van der Waals surface area contributed by atoms with Crippen molar-refractivity contribution in [1.82, 2.24) is 0 Å². The highest BCUT2D eigenvalue weighted by Crippen LogP contribution is 2.02. The van der Waals surface area contributed by atoms with E-state index in [2.05, 4.69) is 6.92 Å². The largest absolute Gasteiger partial charge is 0.481 e. The van der Waals surface area contributed by atoms with Gasteiger partial charge in [-0.3, -0.25) is 4.79 Å². The van der Waals surface area contributed by atoms with Gasteiger partial charge in [0.2, 0.25) is 0 Å². The molecule has 0 aliphatic rings. The monoisotopic (exact) mass is 334 g/mol. The van der Waals surface area contributed by atoms with E-state index in [0.29, 0.717) is 19.3 Å². The third-order valence-electron chi connectivity index (χ3n) is 3.10. The topological polar surface area (TPSA) is 77.8 Å². The maximum atomic E-state index is 10.3. The molecule has 4 heteroatoms. The average molecular weight is 334 g/mol. The predicted octanol–water partition coefficient (Wildman–Crippen LogP) is 3.93. The maximum absolute atomic E-state index is 10.3. The van der Waals surface area contributed by atoms with Gasteiger partial charge in [-0.05, 0) is 32.1 Å². The van der Waals surface area contributed by atoms with Crippen LogP contribution in [0.15, 0.2) is 60.8 Å². The smallest absolute Gasteiger partial charge is 0.303 e. The van der Waals surface area contributed by atoms with Gasteiger partial charge < -0.3 is 15.3 Å². The fourth-order valence-corrected chi connectivity index (χ4v) is 1.82. The van der Waals surface area contributed by atoms with Crippen molar-refractivity contribution in [2.75, 3.05) is 0 Å². The van der Waals surface area contributed by atoms with E-state index in [9.17, 15) is 15.0 Å². The van der Waals surface area contributed by atoms with Gasteiger partial charge in [-0.2, -0.15) is 0 Å². The van der Waals surface area contributed by atoms with Gasteiger partial charge in [0.25, 0.3) is 0 Å². The van der Waals surface area contributed by atoms with Gasteiger partial charge >= 0.3 is 5.97 Å². The minimum atomic E-state index is -0.836. The molecule has 0 aromatic carbocycles. The van der Waals surface area contributed by atoms with E-state index in [1.54, 1.807) is 18.2 Å². The number of hydrogen-bond acceptors (Lipinski definition) is 3. The summed E-state index contributed by atoms with van der Waals surface area (Å²) in [6.07, 6.45) is 21.0. The minimum absolute atomic E-state index is 0.0860. The van der Waals surface area contributed by atoms with E-state index in [1.165, 1.54) is 0 Å². The molecule has 0 amide bonds.